The van der Waals surface area contributed by atoms with Crippen LogP contribution in [0.1, 0.15) is 310 Å². The molecule has 100 heavy (non-hydrogen) atoms. The smallest absolute Gasteiger partial charge is 0.462 e. The molecule has 19 heteroatoms. The van der Waals surface area contributed by atoms with Gasteiger partial charge in [0.2, 0.25) is 0 Å². The van der Waals surface area contributed by atoms with E-state index in [1.807, 2.05) is 18.2 Å². The molecule has 5 atom stereocenters. The molecule has 574 valence electrons. The fourth-order valence-electron chi connectivity index (χ4n) is 10.1. The highest BCUT2D eigenvalue weighted by Gasteiger charge is 2.30. The van der Waals surface area contributed by atoms with Gasteiger partial charge in [-0.1, -0.05) is 290 Å². The molecule has 0 aliphatic rings. The highest BCUT2D eigenvalue weighted by atomic mass is 31.2. The number of ether oxygens (including phenoxy) is 4. The molecule has 0 saturated carbocycles. The summed E-state index contributed by atoms with van der Waals surface area (Å²) in [5.74, 6) is -2.34. The minimum atomic E-state index is -5.00. The first-order valence-electron chi connectivity index (χ1n) is 38.8. The lowest BCUT2D eigenvalue weighted by Gasteiger charge is -2.21. The van der Waals surface area contributed by atoms with E-state index in [-0.39, 0.29) is 25.7 Å². The third-order valence-corrected chi connectivity index (χ3v) is 17.9. The van der Waals surface area contributed by atoms with Crippen molar-refractivity contribution in [2.24, 2.45) is 0 Å². The standard InChI is InChI=1S/C81H138O17P2/c1-5-9-13-17-21-25-29-33-35-36-37-38-40-44-46-50-54-58-62-66-79(84)92-72-77(98-81(86)68-64-60-56-52-48-42-32-28-24-20-16-12-8-4)74-96-100(89,90)94-70-75(82)69-93-99(87,88)95-73-76(97-80(85)67-63-59-55-51-47-41-31-27-23-19-15-11-7-3)71-91-78(83)65-61-57-53-49-45-43-39-34-30-26-22-18-14-10-6-2/h9-10,13-14,21-22,25-27,31,33-35,37-39,45,49,57,61,75-77,82H,5-8,11-12,15-20,23-24,28-30,32,36,40-44,46-48,50-56,58-60,62-74H2,1-4H3,(H,87,88)(H,89,90)/b13-9-,14-10-,25-21-,26-22-,31-27-,35-33-,38-37-,39-34-,49-45-,61-57-. The lowest BCUT2D eigenvalue weighted by atomic mass is 10.0. The summed E-state index contributed by atoms with van der Waals surface area (Å²) < 4.78 is 68.4. The molecular formula is C81H138O17P2. The molecular weight excluding hydrogens is 1310 g/mol. The first kappa shape index (κ1) is 95.5. The van der Waals surface area contributed by atoms with Crippen LogP contribution in [0.15, 0.2) is 122 Å². The Morgan fingerprint density at radius 2 is 0.560 bits per heavy atom. The normalized spacial score (nSPS) is 14.6. The molecule has 0 aliphatic carbocycles. The van der Waals surface area contributed by atoms with E-state index < -0.39 is 97.5 Å². The van der Waals surface area contributed by atoms with Crippen LogP contribution in [0, 0.1) is 0 Å². The maximum absolute atomic E-state index is 13.1. The quantitative estimate of drug-likeness (QED) is 0.0169. The minimum Gasteiger partial charge on any atom is -0.462 e. The van der Waals surface area contributed by atoms with Crippen molar-refractivity contribution in [1.82, 2.24) is 0 Å². The van der Waals surface area contributed by atoms with Crippen molar-refractivity contribution < 1.29 is 80.2 Å². The number of aliphatic hydroxyl groups excluding tert-OH is 1. The molecule has 0 spiro atoms. The summed E-state index contributed by atoms with van der Waals surface area (Å²) >= 11 is 0. The average molecular weight is 1450 g/mol. The zero-order valence-electron chi connectivity index (χ0n) is 62.6. The van der Waals surface area contributed by atoms with Gasteiger partial charge in [-0.3, -0.25) is 37.3 Å². The van der Waals surface area contributed by atoms with Crippen LogP contribution < -0.4 is 0 Å². The van der Waals surface area contributed by atoms with Crippen LogP contribution in [-0.4, -0.2) is 96.7 Å². The van der Waals surface area contributed by atoms with Crippen LogP contribution in [0.3, 0.4) is 0 Å². The first-order chi connectivity index (χ1) is 48.7. The highest BCUT2D eigenvalue weighted by molar-refractivity contribution is 7.47. The summed E-state index contributed by atoms with van der Waals surface area (Å²) in [7, 11) is -9.98. The number of phosphoric ester groups is 2. The molecule has 0 rings (SSSR count). The Bertz CT molecular complexity index is 2370. The Balaban J connectivity index is 5.39. The summed E-state index contributed by atoms with van der Waals surface area (Å²) in [5, 5.41) is 10.6. The number of hydrogen-bond acceptors (Lipinski definition) is 15. The number of carbonyl (C=O) groups excluding carboxylic acids is 4. The van der Waals surface area contributed by atoms with Gasteiger partial charge in [0.1, 0.15) is 19.3 Å². The predicted molar refractivity (Wildman–Crippen MR) is 408 cm³/mol. The van der Waals surface area contributed by atoms with Gasteiger partial charge in [-0.05, 0) is 116 Å². The molecule has 0 saturated heterocycles. The average Bonchev–Trinajstić information content (AvgIpc) is 0.936. The van der Waals surface area contributed by atoms with Crippen LogP contribution in [0.2, 0.25) is 0 Å². The summed E-state index contributed by atoms with van der Waals surface area (Å²) in [6.07, 6.45) is 79.3. The number of allylic oxidation sites excluding steroid dienone is 19. The monoisotopic (exact) mass is 1440 g/mol. The first-order valence-corrected chi connectivity index (χ1v) is 41.8. The number of carbonyl (C=O) groups is 4. The second-order valence-corrected chi connectivity index (χ2v) is 28.5. The molecule has 0 radical (unpaired) electrons. The molecule has 0 aromatic carbocycles. The van der Waals surface area contributed by atoms with Gasteiger partial charge in [-0.25, -0.2) is 9.13 Å². The van der Waals surface area contributed by atoms with E-state index in [0.29, 0.717) is 25.7 Å². The Hall–Kier alpha value is -4.54. The summed E-state index contributed by atoms with van der Waals surface area (Å²) in [6, 6.07) is 0. The topological polar surface area (TPSA) is 237 Å². The molecule has 5 unspecified atom stereocenters. The third-order valence-electron chi connectivity index (χ3n) is 16.0. The Morgan fingerprint density at radius 3 is 0.910 bits per heavy atom. The fourth-order valence-corrected chi connectivity index (χ4v) is 11.7. The molecule has 0 aliphatic heterocycles. The van der Waals surface area contributed by atoms with E-state index in [9.17, 15) is 43.2 Å². The third kappa shape index (κ3) is 71.8. The molecule has 0 aromatic rings. The van der Waals surface area contributed by atoms with Crippen molar-refractivity contribution in [3.8, 4) is 0 Å². The summed E-state index contributed by atoms with van der Waals surface area (Å²) in [4.78, 5) is 72.8. The second kappa shape index (κ2) is 72.8. The molecule has 0 aromatic heterocycles. The lowest BCUT2D eigenvalue weighted by Crippen LogP contribution is -2.30. The van der Waals surface area contributed by atoms with Crippen LogP contribution in [-0.2, 0) is 65.4 Å². The molecule has 17 nitrogen and oxygen atoms in total. The van der Waals surface area contributed by atoms with Gasteiger partial charge in [0.25, 0.3) is 0 Å². The number of esters is 4. The predicted octanol–water partition coefficient (Wildman–Crippen LogP) is 22.3. The van der Waals surface area contributed by atoms with Crippen molar-refractivity contribution in [2.75, 3.05) is 39.6 Å². The number of rotatable bonds is 72. The van der Waals surface area contributed by atoms with Crippen molar-refractivity contribution in [1.29, 1.82) is 0 Å². The van der Waals surface area contributed by atoms with Gasteiger partial charge in [-0.2, -0.15) is 0 Å². The van der Waals surface area contributed by atoms with Gasteiger partial charge in [0.15, 0.2) is 12.2 Å². The van der Waals surface area contributed by atoms with E-state index >= 15 is 0 Å². The van der Waals surface area contributed by atoms with Crippen molar-refractivity contribution in [3.63, 3.8) is 0 Å². The Kier molecular flexibility index (Phi) is 69.5. The minimum absolute atomic E-state index is 0.0642. The maximum atomic E-state index is 13.1. The zero-order valence-corrected chi connectivity index (χ0v) is 64.4. The van der Waals surface area contributed by atoms with Crippen LogP contribution in [0.25, 0.3) is 0 Å². The van der Waals surface area contributed by atoms with E-state index in [0.717, 1.165) is 154 Å². The van der Waals surface area contributed by atoms with Crippen LogP contribution in [0.4, 0.5) is 0 Å². The second-order valence-electron chi connectivity index (χ2n) is 25.6. The SMILES string of the molecule is CC/C=C\C/C=C\C/C=C\C/C=C\C/C=C\CC(=O)OCC(COP(=O)(O)OCC(O)COP(=O)(O)OCC(COC(=O)CCCCCCCC/C=C\C/C=C\C/C=C\C/C=C\CC)OC(=O)CCCCCCCCCCCCCCC)OC(=O)CCCCCCC/C=C\CCCCCC. The summed E-state index contributed by atoms with van der Waals surface area (Å²) in [5.41, 5.74) is 0. The highest BCUT2D eigenvalue weighted by Crippen LogP contribution is 2.45. The number of aliphatic hydroxyl groups is 1. The van der Waals surface area contributed by atoms with Crippen molar-refractivity contribution in [2.45, 2.75) is 329 Å². The fraction of sp³-hybridized carbons (Fsp3) is 0.704. The van der Waals surface area contributed by atoms with E-state index in [4.69, 9.17) is 37.0 Å². The molecule has 0 bridgehead atoms. The summed E-state index contributed by atoms with van der Waals surface area (Å²) in [6.45, 7) is 4.50. The van der Waals surface area contributed by atoms with Crippen LogP contribution in [0.5, 0.6) is 0 Å². The van der Waals surface area contributed by atoms with Gasteiger partial charge in [0.05, 0.1) is 32.8 Å². The molecule has 0 amide bonds. The number of unbranched alkanes of at least 4 members (excludes halogenated alkanes) is 27. The molecule has 3 N–H and O–H groups in total. The van der Waals surface area contributed by atoms with E-state index in [1.165, 1.54) is 77.0 Å². The number of phosphoric acid groups is 2. The van der Waals surface area contributed by atoms with Gasteiger partial charge in [-0.15, -0.1) is 0 Å². The maximum Gasteiger partial charge on any atom is 0.472 e. The van der Waals surface area contributed by atoms with Gasteiger partial charge >= 0.3 is 39.5 Å². The van der Waals surface area contributed by atoms with Crippen molar-refractivity contribution >= 4 is 39.5 Å². The Morgan fingerprint density at radius 1 is 0.300 bits per heavy atom. The van der Waals surface area contributed by atoms with Crippen LogP contribution >= 0.6 is 15.6 Å². The van der Waals surface area contributed by atoms with Gasteiger partial charge < -0.3 is 33.8 Å². The van der Waals surface area contributed by atoms with Crippen molar-refractivity contribution in [3.05, 3.63) is 122 Å². The zero-order chi connectivity index (χ0) is 73.2. The van der Waals surface area contributed by atoms with Gasteiger partial charge in [0, 0.05) is 19.3 Å². The lowest BCUT2D eigenvalue weighted by molar-refractivity contribution is -0.161. The van der Waals surface area contributed by atoms with E-state index in [2.05, 4.69) is 125 Å². The largest absolute Gasteiger partial charge is 0.472 e. The number of hydrogen-bond donors (Lipinski definition) is 3. The van der Waals surface area contributed by atoms with E-state index in [1.54, 1.807) is 6.08 Å². The molecule has 0 heterocycles. The molecule has 0 fully saturated rings. The Labute approximate surface area is 606 Å².